The summed E-state index contributed by atoms with van der Waals surface area (Å²) in [6.45, 7) is 4.20. The molecule has 0 aromatic carbocycles. The number of rotatable bonds is 45. The summed E-state index contributed by atoms with van der Waals surface area (Å²) in [5.41, 5.74) is 0. The molecular formula is C51H97NO4. The molecule has 4 N–H and O–H groups in total. The lowest BCUT2D eigenvalue weighted by atomic mass is 10.0. The van der Waals surface area contributed by atoms with Gasteiger partial charge in [0.2, 0.25) is 5.91 Å². The van der Waals surface area contributed by atoms with Crippen molar-refractivity contribution >= 4 is 5.91 Å². The molecule has 0 saturated carbocycles. The van der Waals surface area contributed by atoms with Crippen LogP contribution in [0.5, 0.6) is 0 Å². The highest BCUT2D eigenvalue weighted by atomic mass is 16.3. The van der Waals surface area contributed by atoms with Gasteiger partial charge in [-0.3, -0.25) is 4.79 Å². The molecule has 0 bridgehead atoms. The van der Waals surface area contributed by atoms with Gasteiger partial charge in [0.25, 0.3) is 0 Å². The Morgan fingerprint density at radius 1 is 0.446 bits per heavy atom. The van der Waals surface area contributed by atoms with E-state index in [1.807, 2.05) is 6.08 Å². The van der Waals surface area contributed by atoms with Gasteiger partial charge in [0.1, 0.15) is 0 Å². The van der Waals surface area contributed by atoms with E-state index in [2.05, 4.69) is 43.5 Å². The Bertz CT molecular complexity index is 870. The highest BCUT2D eigenvalue weighted by Gasteiger charge is 2.20. The third-order valence-corrected chi connectivity index (χ3v) is 11.4. The lowest BCUT2D eigenvalue weighted by molar-refractivity contribution is -0.124. The maximum absolute atomic E-state index is 12.5. The minimum Gasteiger partial charge on any atom is -0.394 e. The van der Waals surface area contributed by atoms with E-state index in [-0.39, 0.29) is 18.9 Å². The van der Waals surface area contributed by atoms with Gasteiger partial charge in [-0.1, -0.05) is 243 Å². The van der Waals surface area contributed by atoms with E-state index in [0.29, 0.717) is 6.42 Å². The number of nitrogens with one attached hydrogen (secondary N) is 1. The van der Waals surface area contributed by atoms with Crippen LogP contribution < -0.4 is 5.32 Å². The molecule has 56 heavy (non-hydrogen) atoms. The number of aliphatic hydroxyl groups excluding tert-OH is 3. The molecule has 0 spiro atoms. The van der Waals surface area contributed by atoms with Gasteiger partial charge in [0.15, 0.2) is 0 Å². The molecule has 0 aromatic rings. The molecule has 5 heteroatoms. The Hall–Kier alpha value is -1.43. The van der Waals surface area contributed by atoms with E-state index < -0.39 is 18.2 Å². The van der Waals surface area contributed by atoms with Crippen molar-refractivity contribution in [1.82, 2.24) is 5.32 Å². The summed E-state index contributed by atoms with van der Waals surface area (Å²) in [4.78, 5) is 12.5. The normalized spacial score (nSPS) is 13.7. The third-order valence-electron chi connectivity index (χ3n) is 11.4. The van der Waals surface area contributed by atoms with E-state index >= 15 is 0 Å². The molecule has 3 atom stereocenters. The number of hydrogen-bond acceptors (Lipinski definition) is 4. The molecule has 0 rings (SSSR count). The first kappa shape index (κ1) is 54.6. The second kappa shape index (κ2) is 46.3. The summed E-state index contributed by atoms with van der Waals surface area (Å²) < 4.78 is 0. The van der Waals surface area contributed by atoms with Crippen LogP contribution in [0.25, 0.3) is 0 Å². The summed E-state index contributed by atoms with van der Waals surface area (Å²) in [7, 11) is 0. The Kier molecular flexibility index (Phi) is 45.1. The first-order chi connectivity index (χ1) is 27.5. The quantitative estimate of drug-likeness (QED) is 0.0365. The minimum absolute atomic E-state index is 0.00527. The maximum Gasteiger partial charge on any atom is 0.222 e. The van der Waals surface area contributed by atoms with E-state index in [9.17, 15) is 20.1 Å². The second-order valence-corrected chi connectivity index (χ2v) is 17.1. The van der Waals surface area contributed by atoms with Gasteiger partial charge in [0, 0.05) is 0 Å². The molecule has 0 fully saturated rings. The fraction of sp³-hybridized carbons (Fsp3) is 0.863. The average Bonchev–Trinajstić information content (AvgIpc) is 3.19. The summed E-state index contributed by atoms with van der Waals surface area (Å²) in [5.74, 6) is -0.327. The van der Waals surface area contributed by atoms with Crippen molar-refractivity contribution in [2.45, 2.75) is 276 Å². The predicted octanol–water partition coefficient (Wildman–Crippen LogP) is 14.7. The van der Waals surface area contributed by atoms with Gasteiger partial charge in [-0.05, 0) is 44.9 Å². The van der Waals surface area contributed by atoms with Crippen molar-refractivity contribution < 1.29 is 20.1 Å². The van der Waals surface area contributed by atoms with Gasteiger partial charge >= 0.3 is 0 Å². The van der Waals surface area contributed by atoms with Crippen LogP contribution in [0, 0.1) is 0 Å². The molecule has 0 aliphatic rings. The predicted molar refractivity (Wildman–Crippen MR) is 245 cm³/mol. The molecular weight excluding hydrogens is 691 g/mol. The van der Waals surface area contributed by atoms with Crippen LogP contribution in [-0.2, 0) is 4.79 Å². The number of carbonyl (C=O) groups is 1. The SMILES string of the molecule is CCCCCCC/C=C/CC/C=C/CC/C=C/C(O)C(CO)NC(=O)CC(O)CCCCCCCCCCCCCCCCCCCCCCCCCCCC. The number of amides is 1. The molecule has 5 nitrogen and oxygen atoms in total. The van der Waals surface area contributed by atoms with Gasteiger partial charge in [-0.25, -0.2) is 0 Å². The zero-order chi connectivity index (χ0) is 40.8. The lowest BCUT2D eigenvalue weighted by Gasteiger charge is -2.21. The second-order valence-electron chi connectivity index (χ2n) is 17.1. The molecule has 1 amide bonds. The van der Waals surface area contributed by atoms with Crippen molar-refractivity contribution in [1.29, 1.82) is 0 Å². The molecule has 0 saturated heterocycles. The molecule has 0 radical (unpaired) electrons. The highest BCUT2D eigenvalue weighted by Crippen LogP contribution is 2.17. The largest absolute Gasteiger partial charge is 0.394 e. The Morgan fingerprint density at radius 3 is 1.14 bits per heavy atom. The summed E-state index contributed by atoms with van der Waals surface area (Å²) in [6.07, 6.45) is 58.8. The van der Waals surface area contributed by atoms with Gasteiger partial charge in [-0.15, -0.1) is 0 Å². The van der Waals surface area contributed by atoms with Crippen LogP contribution in [0.4, 0.5) is 0 Å². The molecule has 330 valence electrons. The topological polar surface area (TPSA) is 89.8 Å². The molecule has 3 unspecified atom stereocenters. The van der Waals surface area contributed by atoms with E-state index in [1.165, 1.54) is 193 Å². The van der Waals surface area contributed by atoms with Crippen molar-refractivity contribution in [3.05, 3.63) is 36.5 Å². The van der Waals surface area contributed by atoms with Crippen molar-refractivity contribution in [3.63, 3.8) is 0 Å². The minimum atomic E-state index is -0.958. The Morgan fingerprint density at radius 2 is 0.768 bits per heavy atom. The summed E-state index contributed by atoms with van der Waals surface area (Å²) >= 11 is 0. The monoisotopic (exact) mass is 788 g/mol. The van der Waals surface area contributed by atoms with Crippen molar-refractivity contribution in [2.75, 3.05) is 6.61 Å². The lowest BCUT2D eigenvalue weighted by Crippen LogP contribution is -2.45. The maximum atomic E-state index is 12.5. The van der Waals surface area contributed by atoms with Gasteiger partial charge in [0.05, 0.1) is 31.3 Å². The number of hydrogen-bond donors (Lipinski definition) is 4. The average molecular weight is 788 g/mol. The van der Waals surface area contributed by atoms with Crippen LogP contribution in [0.3, 0.4) is 0 Å². The molecule has 0 heterocycles. The van der Waals surface area contributed by atoms with Gasteiger partial charge in [-0.2, -0.15) is 0 Å². The highest BCUT2D eigenvalue weighted by molar-refractivity contribution is 5.76. The molecule has 0 aliphatic carbocycles. The smallest absolute Gasteiger partial charge is 0.222 e. The third kappa shape index (κ3) is 42.2. The number of aliphatic hydroxyl groups is 3. The number of unbranched alkanes of at least 4 members (excludes halogenated alkanes) is 32. The Labute approximate surface area is 349 Å². The van der Waals surface area contributed by atoms with Crippen LogP contribution >= 0.6 is 0 Å². The van der Waals surface area contributed by atoms with Crippen LogP contribution in [-0.4, -0.2) is 46.1 Å². The zero-order valence-electron chi connectivity index (χ0n) is 37.5. The molecule has 0 aromatic heterocycles. The van der Waals surface area contributed by atoms with Crippen LogP contribution in [0.2, 0.25) is 0 Å². The summed E-state index contributed by atoms with van der Waals surface area (Å²) in [6, 6.07) is -0.765. The number of carbonyl (C=O) groups excluding carboxylic acids is 1. The van der Waals surface area contributed by atoms with Crippen molar-refractivity contribution in [3.8, 4) is 0 Å². The fourth-order valence-corrected chi connectivity index (χ4v) is 7.61. The van der Waals surface area contributed by atoms with E-state index in [0.717, 1.165) is 38.5 Å². The first-order valence-electron chi connectivity index (χ1n) is 24.8. The van der Waals surface area contributed by atoms with E-state index in [4.69, 9.17) is 0 Å². The zero-order valence-corrected chi connectivity index (χ0v) is 37.5. The van der Waals surface area contributed by atoms with Gasteiger partial charge < -0.3 is 20.6 Å². The van der Waals surface area contributed by atoms with Crippen LogP contribution in [0.1, 0.15) is 258 Å². The van der Waals surface area contributed by atoms with Crippen molar-refractivity contribution in [2.24, 2.45) is 0 Å². The molecule has 0 aliphatic heterocycles. The number of allylic oxidation sites excluding steroid dienone is 5. The van der Waals surface area contributed by atoms with E-state index in [1.54, 1.807) is 6.08 Å². The summed E-state index contributed by atoms with van der Waals surface area (Å²) in [5, 5.41) is 33.3. The van der Waals surface area contributed by atoms with Crippen LogP contribution in [0.15, 0.2) is 36.5 Å². The fourth-order valence-electron chi connectivity index (χ4n) is 7.61. The Balaban J connectivity index is 3.59. The first-order valence-corrected chi connectivity index (χ1v) is 24.8. The standard InChI is InChI=1S/C51H97NO4/c1-3-5-7-9-11-13-15-17-19-20-21-22-23-24-25-26-27-28-29-31-32-34-36-38-40-42-44-48(54)46-51(56)52-49(47-53)50(55)45-43-41-39-37-35-33-30-18-16-14-12-10-8-6-4-2/h16,18,35,37,43,45,48-50,53-55H,3-15,17,19-34,36,38-42,44,46-47H2,1-2H3,(H,52,56)/b18-16+,37-35+,45-43+.